The third-order valence-electron chi connectivity index (χ3n) is 7.44. The fourth-order valence-electron chi connectivity index (χ4n) is 5.18. The molecule has 3 aromatic rings. The minimum Gasteiger partial charge on any atom is -0.495 e. The van der Waals surface area contributed by atoms with Crippen LogP contribution in [0.5, 0.6) is 5.75 Å². The third kappa shape index (κ3) is 6.79. The fourth-order valence-corrected chi connectivity index (χ4v) is 7.02. The van der Waals surface area contributed by atoms with Gasteiger partial charge in [0.15, 0.2) is 0 Å². The Hall–Kier alpha value is -2.66. The van der Waals surface area contributed by atoms with Crippen LogP contribution in [0.3, 0.4) is 0 Å². The van der Waals surface area contributed by atoms with E-state index >= 15 is 0 Å². The second-order valence-corrected chi connectivity index (χ2v) is 12.2. The Labute approximate surface area is 242 Å². The van der Waals surface area contributed by atoms with Gasteiger partial charge < -0.3 is 19.1 Å². The van der Waals surface area contributed by atoms with Gasteiger partial charge in [0.1, 0.15) is 16.7 Å². The molecule has 0 amide bonds. The number of rotatable bonds is 10. The second-order valence-electron chi connectivity index (χ2n) is 9.89. The zero-order valence-corrected chi connectivity index (χ0v) is 24.3. The van der Waals surface area contributed by atoms with Gasteiger partial charge in [-0.15, -0.1) is 0 Å². The van der Waals surface area contributed by atoms with Crippen LogP contribution in [0.1, 0.15) is 17.2 Å². The van der Waals surface area contributed by atoms with Gasteiger partial charge in [-0.1, -0.05) is 54.1 Å². The van der Waals surface area contributed by atoms with Crippen molar-refractivity contribution in [2.45, 2.75) is 11.0 Å². The largest absolute Gasteiger partial charge is 0.495 e. The Balaban J connectivity index is 1.19. The topological polar surface area (TPSA) is 71.6 Å². The maximum atomic E-state index is 13.3. The summed E-state index contributed by atoms with van der Waals surface area (Å²) >= 11 is 6.09. The molecular weight excluding hydrogens is 550 g/mol. The molecule has 1 atom stereocenters. The highest BCUT2D eigenvalue weighted by Gasteiger charge is 2.31. The number of ether oxygens (including phenoxy) is 3. The van der Waals surface area contributed by atoms with Crippen LogP contribution in [0.2, 0.25) is 5.02 Å². The van der Waals surface area contributed by atoms with E-state index in [1.54, 1.807) is 12.1 Å². The predicted octanol–water partition coefficient (Wildman–Crippen LogP) is 4.30. The van der Waals surface area contributed by atoms with Gasteiger partial charge in [-0.25, -0.2) is 8.42 Å². The first-order valence-corrected chi connectivity index (χ1v) is 15.4. The second kappa shape index (κ2) is 13.3. The highest BCUT2D eigenvalue weighted by molar-refractivity contribution is 7.89. The summed E-state index contributed by atoms with van der Waals surface area (Å²) in [6, 6.07) is 23.5. The number of sulfonamides is 1. The molecule has 0 saturated carbocycles. The van der Waals surface area contributed by atoms with Crippen LogP contribution in [-0.4, -0.2) is 90.4 Å². The van der Waals surface area contributed by atoms with Crippen LogP contribution < -0.4 is 9.64 Å². The molecule has 0 N–H and O–H groups in total. The quantitative estimate of drug-likeness (QED) is 0.351. The molecule has 40 heavy (non-hydrogen) atoms. The van der Waals surface area contributed by atoms with Crippen molar-refractivity contribution in [3.63, 3.8) is 0 Å². The molecular formula is C30H36ClN3O5S. The molecule has 214 valence electrons. The number of piperazine rings is 1. The van der Waals surface area contributed by atoms with Gasteiger partial charge in [-0.2, -0.15) is 4.31 Å². The van der Waals surface area contributed by atoms with Gasteiger partial charge in [-0.05, 0) is 41.5 Å². The van der Waals surface area contributed by atoms with Crippen LogP contribution in [-0.2, 0) is 19.5 Å². The number of hydrogen-bond acceptors (Lipinski definition) is 7. The molecule has 0 aliphatic carbocycles. The van der Waals surface area contributed by atoms with Crippen molar-refractivity contribution >= 4 is 27.3 Å². The van der Waals surface area contributed by atoms with Crippen molar-refractivity contribution in [3.05, 3.63) is 88.9 Å². The molecule has 10 heteroatoms. The van der Waals surface area contributed by atoms with Gasteiger partial charge in [-0.3, -0.25) is 4.90 Å². The molecule has 0 spiro atoms. The van der Waals surface area contributed by atoms with E-state index in [9.17, 15) is 8.42 Å². The van der Waals surface area contributed by atoms with E-state index in [-0.39, 0.29) is 11.0 Å². The van der Waals surface area contributed by atoms with Crippen molar-refractivity contribution in [2.24, 2.45) is 0 Å². The summed E-state index contributed by atoms with van der Waals surface area (Å²) in [6.07, 6.45) is -0.183. The van der Waals surface area contributed by atoms with Crippen LogP contribution in [0.25, 0.3) is 0 Å². The Morgan fingerprint density at radius 1 is 0.875 bits per heavy atom. The predicted molar refractivity (Wildman–Crippen MR) is 157 cm³/mol. The van der Waals surface area contributed by atoms with E-state index in [1.807, 2.05) is 18.2 Å². The average Bonchev–Trinajstić information content (AvgIpc) is 3.00. The SMILES string of the molecule is COc1ccc(Cl)cc1S(=O)(=O)N1CCN(CCO[C@@H](c2ccccc2)c2ccc(N3CCOCC3)cc2)CC1. The fraction of sp³-hybridized carbons (Fsp3) is 0.400. The molecule has 8 nitrogen and oxygen atoms in total. The van der Waals surface area contributed by atoms with Gasteiger partial charge in [0, 0.05) is 56.5 Å². The summed E-state index contributed by atoms with van der Waals surface area (Å²) in [5, 5.41) is 0.360. The molecule has 2 aliphatic heterocycles. The van der Waals surface area contributed by atoms with E-state index in [0.717, 1.165) is 37.4 Å². The number of anilines is 1. The maximum Gasteiger partial charge on any atom is 0.246 e. The number of benzene rings is 3. The molecule has 3 aromatic carbocycles. The highest BCUT2D eigenvalue weighted by Crippen LogP contribution is 2.31. The van der Waals surface area contributed by atoms with Crippen LogP contribution in [0.15, 0.2) is 77.7 Å². The zero-order chi connectivity index (χ0) is 28.0. The van der Waals surface area contributed by atoms with Crippen molar-refractivity contribution < 1.29 is 22.6 Å². The van der Waals surface area contributed by atoms with Crippen molar-refractivity contribution in [1.82, 2.24) is 9.21 Å². The monoisotopic (exact) mass is 585 g/mol. The molecule has 0 bridgehead atoms. The van der Waals surface area contributed by atoms with Crippen molar-refractivity contribution in [3.8, 4) is 5.75 Å². The molecule has 0 radical (unpaired) electrons. The molecule has 2 aliphatic rings. The maximum absolute atomic E-state index is 13.3. The minimum absolute atomic E-state index is 0.102. The summed E-state index contributed by atoms with van der Waals surface area (Å²) in [5.41, 5.74) is 3.41. The number of nitrogens with zero attached hydrogens (tertiary/aromatic N) is 3. The van der Waals surface area contributed by atoms with Gasteiger partial charge in [0.05, 0.1) is 26.9 Å². The first-order chi connectivity index (χ1) is 19.5. The Morgan fingerprint density at radius 3 is 2.23 bits per heavy atom. The van der Waals surface area contributed by atoms with Crippen molar-refractivity contribution in [1.29, 1.82) is 0 Å². The lowest BCUT2D eigenvalue weighted by atomic mass is 10.0. The summed E-state index contributed by atoms with van der Waals surface area (Å²) in [6.45, 7) is 6.58. The van der Waals surface area contributed by atoms with Gasteiger partial charge in [0.2, 0.25) is 10.0 Å². The molecule has 2 fully saturated rings. The zero-order valence-electron chi connectivity index (χ0n) is 22.7. The molecule has 0 unspecified atom stereocenters. The van der Waals surface area contributed by atoms with Gasteiger partial charge >= 0.3 is 0 Å². The average molecular weight is 586 g/mol. The Morgan fingerprint density at radius 2 is 1.55 bits per heavy atom. The molecule has 5 rings (SSSR count). The van der Waals surface area contributed by atoms with Gasteiger partial charge in [0.25, 0.3) is 0 Å². The first-order valence-electron chi connectivity index (χ1n) is 13.6. The number of halogens is 1. The van der Waals surface area contributed by atoms with E-state index in [0.29, 0.717) is 50.1 Å². The molecule has 2 heterocycles. The lowest BCUT2D eigenvalue weighted by Gasteiger charge is -2.34. The number of methoxy groups -OCH3 is 1. The van der Waals surface area contributed by atoms with E-state index in [4.69, 9.17) is 25.8 Å². The standard InChI is InChI=1S/C30H36ClN3O5S/c1-37-28-12-9-26(31)23-29(28)40(35,36)34-15-13-32(14-16-34)17-22-39-30(24-5-3-2-4-6-24)25-7-10-27(11-8-25)33-18-20-38-21-19-33/h2-12,23,30H,13-22H2,1H3/t30-/m0/s1. The summed E-state index contributed by atoms with van der Waals surface area (Å²) in [5.74, 6) is 0.296. The van der Waals surface area contributed by atoms with E-state index in [1.165, 1.54) is 23.2 Å². The minimum atomic E-state index is -3.71. The smallest absolute Gasteiger partial charge is 0.246 e. The lowest BCUT2D eigenvalue weighted by Crippen LogP contribution is -2.49. The highest BCUT2D eigenvalue weighted by atomic mass is 35.5. The summed E-state index contributed by atoms with van der Waals surface area (Å²) in [7, 11) is -2.25. The van der Waals surface area contributed by atoms with Crippen LogP contribution >= 0.6 is 11.6 Å². The van der Waals surface area contributed by atoms with Crippen LogP contribution in [0.4, 0.5) is 5.69 Å². The first kappa shape index (κ1) is 28.9. The third-order valence-corrected chi connectivity index (χ3v) is 9.60. The lowest BCUT2D eigenvalue weighted by molar-refractivity contribution is 0.0527. The van der Waals surface area contributed by atoms with E-state index < -0.39 is 10.0 Å². The number of hydrogen-bond donors (Lipinski definition) is 0. The van der Waals surface area contributed by atoms with Crippen molar-refractivity contribution in [2.75, 3.05) is 77.6 Å². The molecule has 0 aromatic heterocycles. The Bertz CT molecular complexity index is 1340. The molecule has 2 saturated heterocycles. The summed E-state index contributed by atoms with van der Waals surface area (Å²) < 4.78 is 45.3. The normalized spacial score (nSPS) is 18.0. The Kier molecular flexibility index (Phi) is 9.62. The van der Waals surface area contributed by atoms with E-state index in [2.05, 4.69) is 46.2 Å². The van der Waals surface area contributed by atoms with Crippen LogP contribution in [0, 0.1) is 0 Å². The number of morpholine rings is 1. The summed E-state index contributed by atoms with van der Waals surface area (Å²) in [4.78, 5) is 4.68.